The molecule has 0 aliphatic heterocycles. The van der Waals surface area contributed by atoms with Crippen LogP contribution < -0.4 is 0 Å². The highest BCUT2D eigenvalue weighted by Gasteiger charge is 2.05. The monoisotopic (exact) mass is 380 g/mol. The lowest BCUT2D eigenvalue weighted by atomic mass is 10.1. The number of quaternary nitrogens is 1. The maximum absolute atomic E-state index is 5.73. The van der Waals surface area contributed by atoms with E-state index in [2.05, 4.69) is 52.4 Å². The molecular weight excluding hydrogens is 330 g/mol. The van der Waals surface area contributed by atoms with Crippen molar-refractivity contribution in [1.82, 2.24) is 0 Å². The lowest BCUT2D eigenvalue weighted by molar-refractivity contribution is -0.870. The van der Waals surface area contributed by atoms with Crippen molar-refractivity contribution < 1.29 is 9.22 Å². The average molecular weight is 381 g/mol. The summed E-state index contributed by atoms with van der Waals surface area (Å²) in [6.45, 7) is 5.34. The first-order valence-electron chi connectivity index (χ1n) is 11.7. The van der Waals surface area contributed by atoms with E-state index < -0.39 is 0 Å². The minimum atomic E-state index is 0.928. The molecule has 0 aromatic carbocycles. The minimum Gasteiger partial charge on any atom is -0.381 e. The molecule has 27 heavy (non-hydrogen) atoms. The van der Waals surface area contributed by atoms with Crippen molar-refractivity contribution in [3.63, 3.8) is 0 Å². The first-order valence-corrected chi connectivity index (χ1v) is 11.7. The van der Waals surface area contributed by atoms with Crippen LogP contribution in [0.2, 0.25) is 0 Å². The van der Waals surface area contributed by atoms with Gasteiger partial charge in [0.25, 0.3) is 0 Å². The van der Waals surface area contributed by atoms with Crippen molar-refractivity contribution >= 4 is 0 Å². The number of ether oxygens (including phenoxy) is 1. The number of rotatable bonds is 20. The highest BCUT2D eigenvalue weighted by Crippen LogP contribution is 2.09. The Balaban J connectivity index is 3.15. The van der Waals surface area contributed by atoms with Gasteiger partial charge in [0.05, 0.1) is 34.3 Å². The first kappa shape index (κ1) is 26.4. The number of hydrogen-bond acceptors (Lipinski definition) is 1. The fourth-order valence-corrected chi connectivity index (χ4v) is 3.11. The lowest BCUT2D eigenvalue weighted by Gasteiger charge is -2.23. The smallest absolute Gasteiger partial charge is 0.0802 e. The van der Waals surface area contributed by atoms with Crippen molar-refractivity contribution in [2.45, 2.75) is 96.8 Å². The lowest BCUT2D eigenvalue weighted by Crippen LogP contribution is -2.35. The van der Waals surface area contributed by atoms with Gasteiger partial charge in [0.1, 0.15) is 0 Å². The topological polar surface area (TPSA) is 9.23 Å². The van der Waals surface area contributed by atoms with E-state index in [0.29, 0.717) is 0 Å². The molecule has 0 bridgehead atoms. The summed E-state index contributed by atoms with van der Waals surface area (Å²) >= 11 is 0. The number of hydrogen-bond donors (Lipinski definition) is 0. The summed E-state index contributed by atoms with van der Waals surface area (Å²) in [7, 11) is 6.72. The fourth-order valence-electron chi connectivity index (χ4n) is 3.11. The Morgan fingerprint density at radius 1 is 0.593 bits per heavy atom. The molecule has 0 aromatic rings. The third kappa shape index (κ3) is 25.4. The maximum atomic E-state index is 5.73. The molecule has 2 nitrogen and oxygen atoms in total. The molecule has 0 fully saturated rings. The van der Waals surface area contributed by atoms with Crippen molar-refractivity contribution in [3.8, 4) is 0 Å². The van der Waals surface area contributed by atoms with Crippen LogP contribution in [0, 0.1) is 0 Å². The zero-order chi connectivity index (χ0) is 20.1. The van der Waals surface area contributed by atoms with Gasteiger partial charge in [-0.15, -0.1) is 0 Å². The molecule has 0 aliphatic rings. The normalized spacial score (nSPS) is 12.6. The van der Waals surface area contributed by atoms with Gasteiger partial charge in [-0.05, 0) is 38.5 Å². The first-order chi connectivity index (χ1) is 13.1. The van der Waals surface area contributed by atoms with E-state index in [1.54, 1.807) is 0 Å². The van der Waals surface area contributed by atoms with Crippen LogP contribution in [-0.2, 0) is 4.74 Å². The van der Waals surface area contributed by atoms with Gasteiger partial charge >= 0.3 is 0 Å². The van der Waals surface area contributed by atoms with E-state index >= 15 is 0 Å². The summed E-state index contributed by atoms with van der Waals surface area (Å²) in [4.78, 5) is 0. The Morgan fingerprint density at radius 2 is 1.11 bits per heavy atom. The Morgan fingerprint density at radius 3 is 1.70 bits per heavy atom. The van der Waals surface area contributed by atoms with Crippen LogP contribution in [0.15, 0.2) is 24.3 Å². The van der Waals surface area contributed by atoms with E-state index in [9.17, 15) is 0 Å². The summed E-state index contributed by atoms with van der Waals surface area (Å²) in [6.07, 6.45) is 27.7. The molecular formula is C25H50NO+. The van der Waals surface area contributed by atoms with Crippen molar-refractivity contribution in [2.24, 2.45) is 0 Å². The van der Waals surface area contributed by atoms with Crippen molar-refractivity contribution in [1.29, 1.82) is 0 Å². The summed E-state index contributed by atoms with van der Waals surface area (Å²) in [6, 6.07) is 0. The van der Waals surface area contributed by atoms with Crippen LogP contribution in [0.3, 0.4) is 0 Å². The third-order valence-electron chi connectivity index (χ3n) is 4.86. The predicted octanol–water partition coefficient (Wildman–Crippen LogP) is 7.30. The second kappa shape index (κ2) is 20.1. The zero-order valence-corrected chi connectivity index (χ0v) is 19.2. The van der Waals surface area contributed by atoms with Crippen molar-refractivity contribution in [2.75, 3.05) is 40.9 Å². The van der Waals surface area contributed by atoms with Gasteiger partial charge in [0.15, 0.2) is 0 Å². The number of unbranched alkanes of at least 4 members (excludes halogenated alkanes) is 10. The molecule has 2 heteroatoms. The minimum absolute atomic E-state index is 0.928. The molecule has 0 saturated heterocycles. The molecule has 0 unspecified atom stereocenters. The quantitative estimate of drug-likeness (QED) is 0.122. The molecule has 0 N–H and O–H groups in total. The van der Waals surface area contributed by atoms with Gasteiger partial charge in [0, 0.05) is 13.0 Å². The van der Waals surface area contributed by atoms with Gasteiger partial charge in [-0.25, -0.2) is 0 Å². The predicted molar refractivity (Wildman–Crippen MR) is 122 cm³/mol. The zero-order valence-electron chi connectivity index (χ0n) is 19.2. The van der Waals surface area contributed by atoms with Gasteiger partial charge in [0.2, 0.25) is 0 Å². The summed E-state index contributed by atoms with van der Waals surface area (Å²) < 4.78 is 6.77. The van der Waals surface area contributed by atoms with Crippen LogP contribution in [-0.4, -0.2) is 45.4 Å². The van der Waals surface area contributed by atoms with Crippen LogP contribution >= 0.6 is 0 Å². The second-order valence-electron chi connectivity index (χ2n) is 8.92. The van der Waals surface area contributed by atoms with E-state index in [-0.39, 0.29) is 0 Å². The Labute approximate surface area is 171 Å². The molecule has 0 aromatic heterocycles. The summed E-state index contributed by atoms with van der Waals surface area (Å²) in [5.74, 6) is 0. The van der Waals surface area contributed by atoms with E-state index in [1.807, 2.05) is 0 Å². The summed E-state index contributed by atoms with van der Waals surface area (Å²) in [5.41, 5.74) is 0. The molecule has 0 heterocycles. The molecule has 0 spiro atoms. The third-order valence-corrected chi connectivity index (χ3v) is 4.86. The summed E-state index contributed by atoms with van der Waals surface area (Å²) in [5, 5.41) is 0. The molecule has 160 valence electrons. The maximum Gasteiger partial charge on any atom is 0.0802 e. The van der Waals surface area contributed by atoms with Gasteiger partial charge in [-0.3, -0.25) is 0 Å². The fraction of sp³-hybridized carbons (Fsp3) is 0.840. The highest BCUT2D eigenvalue weighted by atomic mass is 16.5. The number of nitrogens with zero attached hydrogens (tertiary/aromatic N) is 1. The SMILES string of the molecule is CCCCCC=CCC=CCCCCCCCCCOCCC[N+](C)(C)C. The molecule has 0 atom stereocenters. The molecule has 0 aliphatic carbocycles. The molecule has 0 saturated carbocycles. The Kier molecular flexibility index (Phi) is 19.7. The van der Waals surface area contributed by atoms with Gasteiger partial charge < -0.3 is 9.22 Å². The Hall–Kier alpha value is -0.600. The van der Waals surface area contributed by atoms with E-state index in [1.165, 1.54) is 90.0 Å². The average Bonchev–Trinajstić information content (AvgIpc) is 2.62. The second-order valence-corrected chi connectivity index (χ2v) is 8.92. The highest BCUT2D eigenvalue weighted by molar-refractivity contribution is 4.92. The van der Waals surface area contributed by atoms with E-state index in [0.717, 1.165) is 24.1 Å². The van der Waals surface area contributed by atoms with Crippen LogP contribution in [0.25, 0.3) is 0 Å². The van der Waals surface area contributed by atoms with Gasteiger partial charge in [-0.1, -0.05) is 76.2 Å². The number of allylic oxidation sites excluding steroid dienone is 4. The van der Waals surface area contributed by atoms with Gasteiger partial charge in [-0.2, -0.15) is 0 Å². The molecule has 0 rings (SSSR count). The Bertz CT molecular complexity index is 341. The standard InChI is InChI=1S/C25H50NO/c1-5-6-7-8-9-10-11-12-13-14-15-16-17-18-19-20-21-24-27-25-22-23-26(2,3)4/h9-10,12-13H,5-8,11,14-25H2,1-4H3/q+1. The van der Waals surface area contributed by atoms with Crippen molar-refractivity contribution in [3.05, 3.63) is 24.3 Å². The largest absolute Gasteiger partial charge is 0.381 e. The van der Waals surface area contributed by atoms with E-state index in [4.69, 9.17) is 4.74 Å². The molecule has 0 radical (unpaired) electrons. The van der Waals surface area contributed by atoms with Crippen LogP contribution in [0.5, 0.6) is 0 Å². The molecule has 0 amide bonds. The van der Waals surface area contributed by atoms with Crippen LogP contribution in [0.4, 0.5) is 0 Å². The van der Waals surface area contributed by atoms with Crippen LogP contribution in [0.1, 0.15) is 96.8 Å².